The summed E-state index contributed by atoms with van der Waals surface area (Å²) < 4.78 is 92.4. The number of anilines is 1. The van der Waals surface area contributed by atoms with Crippen LogP contribution in [0.4, 0.5) is 32.0 Å². The average molecular weight is 571 g/mol. The SMILES string of the molecule is CCCC1=C2B(O)O[C@H](c3ccc(CO)o3)C[C@H]2[C@H]2C(=O)N(c3cc(C(F)(F)F)cc(C(F)(F)F)c3)C(=O)[C@H]2C1. The van der Waals surface area contributed by atoms with Crippen LogP contribution in [0.2, 0.25) is 0 Å². The summed E-state index contributed by atoms with van der Waals surface area (Å²) in [5.41, 5.74) is -3.03. The molecule has 1 aliphatic carbocycles. The molecular weight excluding hydrogens is 547 g/mol. The molecule has 2 aromatic rings. The lowest BCUT2D eigenvalue weighted by atomic mass is 9.55. The molecule has 2 aliphatic heterocycles. The van der Waals surface area contributed by atoms with Crippen molar-refractivity contribution in [3.05, 3.63) is 64.0 Å². The van der Waals surface area contributed by atoms with Gasteiger partial charge in [-0.25, -0.2) is 4.90 Å². The van der Waals surface area contributed by atoms with Crippen molar-refractivity contribution in [2.75, 3.05) is 4.90 Å². The van der Waals surface area contributed by atoms with Gasteiger partial charge >= 0.3 is 19.5 Å². The van der Waals surface area contributed by atoms with E-state index in [-0.39, 0.29) is 30.4 Å². The number of carbonyl (C=O) groups excluding carboxylic acids is 2. The number of allylic oxidation sites excluding steroid dienone is 2. The number of aliphatic hydroxyl groups is 1. The summed E-state index contributed by atoms with van der Waals surface area (Å²) in [4.78, 5) is 27.7. The number of hydrogen-bond donors (Lipinski definition) is 2. The molecule has 2 amide bonds. The molecule has 3 heterocycles. The predicted molar refractivity (Wildman–Crippen MR) is 127 cm³/mol. The molecule has 3 aliphatic rings. The van der Waals surface area contributed by atoms with Crippen LogP contribution in [-0.4, -0.2) is 29.1 Å². The lowest BCUT2D eigenvalue weighted by Gasteiger charge is -2.41. The molecule has 14 heteroatoms. The van der Waals surface area contributed by atoms with Crippen molar-refractivity contribution in [2.24, 2.45) is 17.8 Å². The third kappa shape index (κ3) is 4.86. The Balaban J connectivity index is 1.57. The number of imide groups is 1. The molecule has 0 spiro atoms. The Hall–Kier alpha value is -3.10. The lowest BCUT2D eigenvalue weighted by Crippen LogP contribution is -2.44. The molecule has 40 heavy (non-hydrogen) atoms. The first-order chi connectivity index (χ1) is 18.7. The van der Waals surface area contributed by atoms with E-state index in [4.69, 9.17) is 9.07 Å². The van der Waals surface area contributed by atoms with Crippen LogP contribution in [-0.2, 0) is 33.2 Å². The van der Waals surface area contributed by atoms with Gasteiger partial charge in [-0.2, -0.15) is 26.3 Å². The highest BCUT2D eigenvalue weighted by Crippen LogP contribution is 2.53. The van der Waals surface area contributed by atoms with Gasteiger partial charge in [0.2, 0.25) is 11.8 Å². The second kappa shape index (κ2) is 10.1. The van der Waals surface area contributed by atoms with E-state index in [2.05, 4.69) is 0 Å². The molecule has 4 atom stereocenters. The van der Waals surface area contributed by atoms with Crippen LogP contribution in [0.1, 0.15) is 61.4 Å². The number of rotatable bonds is 5. The van der Waals surface area contributed by atoms with Gasteiger partial charge in [0.15, 0.2) is 0 Å². The van der Waals surface area contributed by atoms with Gasteiger partial charge in [0.05, 0.1) is 28.7 Å². The summed E-state index contributed by atoms with van der Waals surface area (Å²) >= 11 is 0. The Bertz CT molecular complexity index is 1340. The highest BCUT2D eigenvalue weighted by molar-refractivity contribution is 6.53. The van der Waals surface area contributed by atoms with Crippen molar-refractivity contribution in [2.45, 2.75) is 57.7 Å². The first kappa shape index (κ1) is 28.4. The molecule has 0 radical (unpaired) electrons. The first-order valence-corrected chi connectivity index (χ1v) is 12.7. The van der Waals surface area contributed by atoms with Gasteiger partial charge in [-0.15, -0.1) is 0 Å². The number of benzene rings is 1. The zero-order valence-corrected chi connectivity index (χ0v) is 21.1. The molecule has 214 valence electrons. The van der Waals surface area contributed by atoms with E-state index >= 15 is 0 Å². The number of carbonyl (C=O) groups is 2. The molecule has 2 N–H and O–H groups in total. The van der Waals surface area contributed by atoms with E-state index in [9.17, 15) is 46.1 Å². The summed E-state index contributed by atoms with van der Waals surface area (Å²) in [5, 5.41) is 20.3. The van der Waals surface area contributed by atoms with Gasteiger partial charge in [-0.1, -0.05) is 18.9 Å². The van der Waals surface area contributed by atoms with Gasteiger partial charge in [-0.3, -0.25) is 9.59 Å². The number of halogens is 6. The Morgan fingerprint density at radius 3 is 2.20 bits per heavy atom. The number of aliphatic hydroxyl groups excluding tert-OH is 1. The summed E-state index contributed by atoms with van der Waals surface area (Å²) in [6.07, 6.45) is -10.1. The smallest absolute Gasteiger partial charge is 0.461 e. The van der Waals surface area contributed by atoms with Crippen molar-refractivity contribution in [1.29, 1.82) is 0 Å². The number of furan rings is 1. The second-order valence-electron chi connectivity index (χ2n) is 10.2. The number of hydrogen-bond acceptors (Lipinski definition) is 6. The van der Waals surface area contributed by atoms with E-state index in [1.165, 1.54) is 12.1 Å². The van der Waals surface area contributed by atoms with Crippen molar-refractivity contribution >= 4 is 24.6 Å². The fourth-order valence-corrected chi connectivity index (χ4v) is 6.11. The summed E-state index contributed by atoms with van der Waals surface area (Å²) in [6.45, 7) is 1.47. The van der Waals surface area contributed by atoms with Crippen LogP contribution in [0.5, 0.6) is 0 Å². The van der Waals surface area contributed by atoms with Gasteiger partial charge in [0, 0.05) is 0 Å². The number of alkyl halides is 6. The highest BCUT2D eigenvalue weighted by atomic mass is 19.4. The van der Waals surface area contributed by atoms with Gasteiger partial charge in [0.25, 0.3) is 0 Å². The van der Waals surface area contributed by atoms with Crippen LogP contribution in [0.3, 0.4) is 0 Å². The van der Waals surface area contributed by atoms with Crippen LogP contribution < -0.4 is 4.90 Å². The Labute approximate surface area is 224 Å². The molecule has 7 nitrogen and oxygen atoms in total. The van der Waals surface area contributed by atoms with Crippen molar-refractivity contribution in [3.63, 3.8) is 0 Å². The quantitative estimate of drug-likeness (QED) is 0.291. The second-order valence-corrected chi connectivity index (χ2v) is 10.2. The minimum absolute atomic E-state index is 0.0109. The normalized spacial score (nSPS) is 25.5. The fourth-order valence-electron chi connectivity index (χ4n) is 6.11. The van der Waals surface area contributed by atoms with Crippen molar-refractivity contribution in [3.8, 4) is 0 Å². The number of nitrogens with zero attached hydrogens (tertiary/aromatic N) is 1. The van der Waals surface area contributed by atoms with Crippen LogP contribution in [0.15, 0.2) is 45.8 Å². The molecule has 0 saturated carbocycles. The van der Waals surface area contributed by atoms with Crippen molar-refractivity contribution < 1.29 is 55.1 Å². The van der Waals surface area contributed by atoms with E-state index in [1.807, 2.05) is 6.92 Å². The van der Waals surface area contributed by atoms with Crippen molar-refractivity contribution in [1.82, 2.24) is 0 Å². The number of fused-ring (bicyclic) bond motifs is 3. The van der Waals surface area contributed by atoms with Gasteiger partial charge in [0.1, 0.15) is 24.2 Å². The van der Waals surface area contributed by atoms with E-state index in [1.54, 1.807) is 0 Å². The first-order valence-electron chi connectivity index (χ1n) is 12.7. The van der Waals surface area contributed by atoms with Crippen LogP contribution >= 0.6 is 0 Å². The largest absolute Gasteiger partial charge is 0.487 e. The third-order valence-electron chi connectivity index (χ3n) is 7.75. The topological polar surface area (TPSA) is 100 Å². The molecule has 2 fully saturated rings. The van der Waals surface area contributed by atoms with Gasteiger partial charge in [-0.05, 0) is 61.0 Å². The molecule has 2 saturated heterocycles. The summed E-state index contributed by atoms with van der Waals surface area (Å²) in [7, 11) is -1.48. The summed E-state index contributed by atoms with van der Waals surface area (Å²) in [5.74, 6) is -4.32. The van der Waals surface area contributed by atoms with Crippen LogP contribution in [0.25, 0.3) is 0 Å². The maximum absolute atomic E-state index is 13.7. The molecule has 1 aromatic heterocycles. The summed E-state index contributed by atoms with van der Waals surface area (Å²) in [6, 6.07) is 3.69. The zero-order chi connectivity index (χ0) is 29.1. The average Bonchev–Trinajstić information content (AvgIpc) is 3.45. The zero-order valence-electron chi connectivity index (χ0n) is 21.1. The van der Waals surface area contributed by atoms with Crippen LogP contribution in [0, 0.1) is 17.8 Å². The molecule has 0 bridgehead atoms. The van der Waals surface area contributed by atoms with E-state index in [0.29, 0.717) is 40.9 Å². The van der Waals surface area contributed by atoms with Gasteiger partial charge < -0.3 is 19.2 Å². The minimum Gasteiger partial charge on any atom is -0.461 e. The molecule has 1 aromatic carbocycles. The molecule has 5 rings (SSSR count). The lowest BCUT2D eigenvalue weighted by molar-refractivity contribution is -0.143. The molecular formula is C26H24BF6NO6. The van der Waals surface area contributed by atoms with E-state index < -0.39 is 78.6 Å². The minimum atomic E-state index is -5.16. The standard InChI is InChI=1S/C26H24BF6NO6/c1-2-3-12-6-18-21(17-10-20(40-27(38)22(12)17)19-5-4-16(11-35)39-19)24(37)34(23(18)36)15-8-13(25(28,29)30)7-14(9-15)26(31,32)33/h4-5,7-9,17-18,20-21,35,38H,2-3,6,10-11H2,1H3/t17-,18-,20-,21+/m0/s1. The Morgan fingerprint density at radius 1 is 1.00 bits per heavy atom. The molecule has 0 unspecified atom stereocenters. The Morgan fingerprint density at radius 2 is 1.65 bits per heavy atom. The predicted octanol–water partition coefficient (Wildman–Crippen LogP) is 5.21. The fraction of sp³-hybridized carbons (Fsp3) is 0.462. The maximum Gasteiger partial charge on any atom is 0.487 e. The third-order valence-corrected chi connectivity index (χ3v) is 7.75. The van der Waals surface area contributed by atoms with E-state index in [0.717, 1.165) is 0 Å². The Kier molecular flexibility index (Phi) is 7.16. The maximum atomic E-state index is 13.7. The monoisotopic (exact) mass is 571 g/mol. The highest BCUT2D eigenvalue weighted by Gasteiger charge is 2.58. The number of amides is 2.